The average Bonchev–Trinajstić information content (AvgIpc) is 2.51. The van der Waals surface area contributed by atoms with E-state index < -0.39 is 0 Å². The van der Waals surface area contributed by atoms with Gasteiger partial charge in [0.05, 0.1) is 31.5 Å². The summed E-state index contributed by atoms with van der Waals surface area (Å²) in [6, 6.07) is 1.55. The standard InChI is InChI=1S/C15H12N2O4/c1-7-9(21-3)6-17-12-10(7)14(18)13-11(15(12)19)8(20-2)4-5-16-13/h4-6H,1-3H3. The third-order valence-corrected chi connectivity index (χ3v) is 3.53. The molecule has 1 aliphatic carbocycles. The van der Waals surface area contributed by atoms with Gasteiger partial charge in [0, 0.05) is 11.8 Å². The van der Waals surface area contributed by atoms with Crippen molar-refractivity contribution in [2.24, 2.45) is 0 Å². The van der Waals surface area contributed by atoms with Crippen LogP contribution in [0.1, 0.15) is 37.7 Å². The van der Waals surface area contributed by atoms with Gasteiger partial charge in [0.1, 0.15) is 22.9 Å². The van der Waals surface area contributed by atoms with Gasteiger partial charge in [-0.25, -0.2) is 4.98 Å². The Kier molecular flexibility index (Phi) is 2.94. The van der Waals surface area contributed by atoms with Crippen LogP contribution in [0, 0.1) is 6.92 Å². The number of carbonyl (C=O) groups is 2. The van der Waals surface area contributed by atoms with E-state index in [-0.39, 0.29) is 34.1 Å². The Morgan fingerprint density at radius 2 is 1.52 bits per heavy atom. The highest BCUT2D eigenvalue weighted by Gasteiger charge is 2.36. The lowest BCUT2D eigenvalue weighted by Crippen LogP contribution is -2.25. The largest absolute Gasteiger partial charge is 0.496 e. The molecule has 0 spiro atoms. The number of fused-ring (bicyclic) bond motifs is 2. The monoisotopic (exact) mass is 284 g/mol. The van der Waals surface area contributed by atoms with Crippen molar-refractivity contribution in [3.63, 3.8) is 0 Å². The average molecular weight is 284 g/mol. The van der Waals surface area contributed by atoms with Crippen LogP contribution in [0.15, 0.2) is 18.5 Å². The number of hydrogen-bond acceptors (Lipinski definition) is 6. The van der Waals surface area contributed by atoms with E-state index in [1.54, 1.807) is 13.0 Å². The fourth-order valence-electron chi connectivity index (χ4n) is 2.48. The lowest BCUT2D eigenvalue weighted by molar-refractivity contribution is 0.0968. The fraction of sp³-hybridized carbons (Fsp3) is 0.200. The van der Waals surface area contributed by atoms with E-state index in [9.17, 15) is 9.59 Å². The van der Waals surface area contributed by atoms with Crippen molar-refractivity contribution in [3.8, 4) is 11.5 Å². The molecule has 6 nitrogen and oxygen atoms in total. The molecule has 6 heteroatoms. The molecule has 2 heterocycles. The predicted octanol–water partition coefficient (Wildman–Crippen LogP) is 1.58. The summed E-state index contributed by atoms with van der Waals surface area (Å²) in [4.78, 5) is 33.4. The number of pyridine rings is 2. The van der Waals surface area contributed by atoms with E-state index >= 15 is 0 Å². The van der Waals surface area contributed by atoms with Gasteiger partial charge in [0.2, 0.25) is 11.6 Å². The van der Waals surface area contributed by atoms with Crippen LogP contribution in [0.25, 0.3) is 0 Å². The van der Waals surface area contributed by atoms with E-state index in [0.29, 0.717) is 17.1 Å². The van der Waals surface area contributed by atoms with Crippen LogP contribution in [0.5, 0.6) is 11.5 Å². The Hall–Kier alpha value is -2.76. The molecule has 0 atom stereocenters. The Labute approximate surface area is 120 Å². The minimum atomic E-state index is -0.365. The van der Waals surface area contributed by atoms with Crippen LogP contribution in [0.2, 0.25) is 0 Å². The minimum absolute atomic E-state index is 0.0880. The first-order valence-electron chi connectivity index (χ1n) is 6.26. The molecular weight excluding hydrogens is 272 g/mol. The van der Waals surface area contributed by atoms with Crippen molar-refractivity contribution in [3.05, 3.63) is 46.5 Å². The van der Waals surface area contributed by atoms with Gasteiger partial charge in [-0.1, -0.05) is 0 Å². The number of hydrogen-bond donors (Lipinski definition) is 0. The molecule has 1 aliphatic rings. The first kappa shape index (κ1) is 13.2. The van der Waals surface area contributed by atoms with Crippen LogP contribution in [0.3, 0.4) is 0 Å². The molecule has 0 fully saturated rings. The van der Waals surface area contributed by atoms with Gasteiger partial charge in [0.25, 0.3) is 0 Å². The normalized spacial score (nSPS) is 12.7. The lowest BCUT2D eigenvalue weighted by Gasteiger charge is -2.20. The Bertz CT molecular complexity index is 783. The number of rotatable bonds is 2. The molecule has 0 aliphatic heterocycles. The molecule has 106 valence electrons. The maximum absolute atomic E-state index is 12.6. The van der Waals surface area contributed by atoms with Gasteiger partial charge in [-0.2, -0.15) is 0 Å². The van der Waals surface area contributed by atoms with Crippen molar-refractivity contribution in [1.29, 1.82) is 0 Å². The van der Waals surface area contributed by atoms with E-state index in [4.69, 9.17) is 9.47 Å². The maximum atomic E-state index is 12.6. The number of methoxy groups -OCH3 is 2. The zero-order chi connectivity index (χ0) is 15.1. The highest BCUT2D eigenvalue weighted by atomic mass is 16.5. The van der Waals surface area contributed by atoms with Crippen molar-refractivity contribution < 1.29 is 19.1 Å². The van der Waals surface area contributed by atoms with E-state index in [2.05, 4.69) is 9.97 Å². The SMILES string of the molecule is COc1cnc2c(c1C)C(=O)c1nccc(OC)c1C2=O. The predicted molar refractivity (Wildman–Crippen MR) is 73.2 cm³/mol. The second kappa shape index (κ2) is 4.66. The molecule has 0 saturated carbocycles. The molecule has 0 amide bonds. The fourth-order valence-corrected chi connectivity index (χ4v) is 2.48. The van der Waals surface area contributed by atoms with Gasteiger partial charge in [0.15, 0.2) is 0 Å². The first-order valence-corrected chi connectivity index (χ1v) is 6.26. The zero-order valence-electron chi connectivity index (χ0n) is 11.8. The van der Waals surface area contributed by atoms with E-state index in [1.165, 1.54) is 26.6 Å². The van der Waals surface area contributed by atoms with Crippen LogP contribution in [-0.4, -0.2) is 35.8 Å². The second-order valence-electron chi connectivity index (χ2n) is 4.57. The summed E-state index contributed by atoms with van der Waals surface area (Å²) in [5.41, 5.74) is 1.18. The molecular formula is C15H12N2O4. The van der Waals surface area contributed by atoms with Crippen molar-refractivity contribution >= 4 is 11.6 Å². The Morgan fingerprint density at radius 3 is 2.19 bits per heavy atom. The summed E-state index contributed by atoms with van der Waals surface area (Å²) < 4.78 is 10.3. The summed E-state index contributed by atoms with van der Waals surface area (Å²) in [5.74, 6) is 0.0678. The molecule has 0 aromatic carbocycles. The third kappa shape index (κ3) is 1.72. The van der Waals surface area contributed by atoms with E-state index in [1.807, 2.05) is 0 Å². The number of aromatic nitrogens is 2. The molecule has 2 aromatic rings. The van der Waals surface area contributed by atoms with Gasteiger partial charge in [-0.15, -0.1) is 0 Å². The Morgan fingerprint density at radius 1 is 0.905 bits per heavy atom. The summed E-state index contributed by atoms with van der Waals surface area (Å²) in [6.07, 6.45) is 2.88. The first-order chi connectivity index (χ1) is 10.1. The Balaban J connectivity index is 2.33. The molecule has 0 unspecified atom stereocenters. The highest BCUT2D eigenvalue weighted by Crippen LogP contribution is 2.34. The lowest BCUT2D eigenvalue weighted by atomic mass is 9.87. The van der Waals surface area contributed by atoms with Crippen molar-refractivity contribution in [1.82, 2.24) is 9.97 Å². The number of ketones is 2. The van der Waals surface area contributed by atoms with Gasteiger partial charge in [-0.05, 0) is 13.0 Å². The molecule has 0 N–H and O–H groups in total. The molecule has 0 bridgehead atoms. The molecule has 3 rings (SSSR count). The van der Waals surface area contributed by atoms with Crippen LogP contribution in [-0.2, 0) is 0 Å². The number of nitrogens with zero attached hydrogens (tertiary/aromatic N) is 2. The van der Waals surface area contributed by atoms with Crippen molar-refractivity contribution in [2.45, 2.75) is 6.92 Å². The molecule has 2 aromatic heterocycles. The summed E-state index contributed by atoms with van der Waals surface area (Å²) in [7, 11) is 2.93. The summed E-state index contributed by atoms with van der Waals surface area (Å²) in [6.45, 7) is 1.72. The zero-order valence-corrected chi connectivity index (χ0v) is 11.8. The van der Waals surface area contributed by atoms with Crippen LogP contribution in [0.4, 0.5) is 0 Å². The molecule has 0 saturated heterocycles. The third-order valence-electron chi connectivity index (χ3n) is 3.53. The van der Waals surface area contributed by atoms with E-state index in [0.717, 1.165) is 0 Å². The number of ether oxygens (including phenoxy) is 2. The summed E-state index contributed by atoms with van der Waals surface area (Å²) >= 11 is 0. The molecule has 0 radical (unpaired) electrons. The highest BCUT2D eigenvalue weighted by molar-refractivity contribution is 6.28. The maximum Gasteiger partial charge on any atom is 0.218 e. The minimum Gasteiger partial charge on any atom is -0.496 e. The van der Waals surface area contributed by atoms with Gasteiger partial charge in [-0.3, -0.25) is 14.6 Å². The molecule has 21 heavy (non-hydrogen) atoms. The van der Waals surface area contributed by atoms with Crippen LogP contribution < -0.4 is 9.47 Å². The quantitative estimate of drug-likeness (QED) is 0.711. The topological polar surface area (TPSA) is 78.4 Å². The van der Waals surface area contributed by atoms with Crippen LogP contribution >= 0.6 is 0 Å². The van der Waals surface area contributed by atoms with Crippen molar-refractivity contribution in [2.75, 3.05) is 14.2 Å². The van der Waals surface area contributed by atoms with Gasteiger partial charge < -0.3 is 9.47 Å². The summed E-state index contributed by atoms with van der Waals surface area (Å²) in [5, 5.41) is 0. The number of carbonyl (C=O) groups excluding carboxylic acids is 2. The second-order valence-corrected chi connectivity index (χ2v) is 4.57. The smallest absolute Gasteiger partial charge is 0.218 e. The van der Waals surface area contributed by atoms with Gasteiger partial charge >= 0.3 is 0 Å².